The monoisotopic (exact) mass is 302 g/mol. The fourth-order valence-corrected chi connectivity index (χ4v) is 2.43. The van der Waals surface area contributed by atoms with Gasteiger partial charge in [0.15, 0.2) is 0 Å². The molecule has 0 atom stereocenters. The first-order chi connectivity index (χ1) is 9.26. The molecule has 0 saturated heterocycles. The molecule has 0 aliphatic carbocycles. The molecule has 0 aliphatic rings. The number of benzene rings is 1. The lowest BCUT2D eigenvalue weighted by Gasteiger charge is -2.06. The standard InChI is InChI=1S/C12H16FN3O3S/c1-3-15-9-4-5-11(10(13)7-9)20(18,19)16-12(14)6-8(2)17/h4-7,15,17H,3H2,1-2H3,(H2,14,16)/p+1/b8-6-. The predicted octanol–water partition coefficient (Wildman–Crippen LogP) is 0.932. The van der Waals surface area contributed by atoms with Crippen molar-refractivity contribution < 1.29 is 17.9 Å². The minimum atomic E-state index is -4.24. The number of nitrogens with zero attached hydrogens (tertiary/aromatic N) is 1. The highest BCUT2D eigenvalue weighted by Gasteiger charge is 2.19. The summed E-state index contributed by atoms with van der Waals surface area (Å²) in [5.74, 6) is -1.23. The third-order valence-electron chi connectivity index (χ3n) is 2.18. The Morgan fingerprint density at radius 3 is 2.70 bits per heavy atom. The van der Waals surface area contributed by atoms with E-state index in [-0.39, 0.29) is 11.6 Å². The zero-order chi connectivity index (χ0) is 15.3. The second-order valence-electron chi connectivity index (χ2n) is 3.99. The summed E-state index contributed by atoms with van der Waals surface area (Å²) in [5, 5.41) is 10.0. The van der Waals surface area contributed by atoms with Crippen molar-refractivity contribution in [2.75, 3.05) is 11.9 Å². The zero-order valence-electron chi connectivity index (χ0n) is 11.1. The molecule has 0 spiro atoms. The second kappa shape index (κ2) is 6.38. The molecule has 1 aromatic carbocycles. The van der Waals surface area contributed by atoms with Crippen LogP contribution < -0.4 is 11.1 Å². The van der Waals surface area contributed by atoms with Gasteiger partial charge in [-0.1, -0.05) is 0 Å². The van der Waals surface area contributed by atoms with Crippen molar-refractivity contribution in [2.45, 2.75) is 18.7 Å². The van der Waals surface area contributed by atoms with Gasteiger partial charge in [-0.2, -0.15) is 8.42 Å². The average Bonchev–Trinajstić information content (AvgIpc) is 2.26. The van der Waals surface area contributed by atoms with Crippen molar-refractivity contribution >= 4 is 21.5 Å². The van der Waals surface area contributed by atoms with Crippen LogP contribution in [0.1, 0.15) is 13.8 Å². The Hall–Kier alpha value is -2.09. The Bertz CT molecular complexity index is 650. The summed E-state index contributed by atoms with van der Waals surface area (Å²) in [5.41, 5.74) is 5.84. The summed E-state index contributed by atoms with van der Waals surface area (Å²) in [6, 6.07) is 3.64. The maximum absolute atomic E-state index is 13.8. The van der Waals surface area contributed by atoms with Crippen molar-refractivity contribution in [1.82, 2.24) is 0 Å². The molecule has 0 aromatic heterocycles. The molecule has 110 valence electrons. The number of nitrogens with one attached hydrogen (secondary N) is 1. The third kappa shape index (κ3) is 4.23. The summed E-state index contributed by atoms with van der Waals surface area (Å²) in [4.78, 5) is -0.557. The first-order valence-corrected chi connectivity index (χ1v) is 7.24. The molecule has 20 heavy (non-hydrogen) atoms. The fourth-order valence-electron chi connectivity index (χ4n) is 1.46. The number of amidine groups is 1. The molecule has 0 heterocycles. The molecule has 1 rings (SSSR count). The van der Waals surface area contributed by atoms with Gasteiger partial charge in [0.1, 0.15) is 16.5 Å². The fraction of sp³-hybridized carbons (Fsp3) is 0.250. The highest BCUT2D eigenvalue weighted by atomic mass is 32.2. The van der Waals surface area contributed by atoms with Crippen LogP contribution in [0.5, 0.6) is 0 Å². The summed E-state index contributed by atoms with van der Waals surface area (Å²) in [7, 11) is -4.24. The maximum Gasteiger partial charge on any atom is 0.287 e. The van der Waals surface area contributed by atoms with Gasteiger partial charge in [0.25, 0.3) is 10.0 Å². The van der Waals surface area contributed by atoms with E-state index in [0.717, 1.165) is 18.2 Å². The van der Waals surface area contributed by atoms with E-state index in [0.29, 0.717) is 12.2 Å². The summed E-state index contributed by atoms with van der Waals surface area (Å²) < 4.78 is 40.9. The van der Waals surface area contributed by atoms with Crippen LogP contribution in [0.2, 0.25) is 0 Å². The molecule has 8 heteroatoms. The van der Waals surface area contributed by atoms with Crippen LogP contribution >= 0.6 is 0 Å². The van der Waals surface area contributed by atoms with Gasteiger partial charge in [-0.3, -0.25) is 0 Å². The SMILES string of the molecule is CCNc1ccc(S(=O)(=O)N=C(N)/C=C(/C)[OH2+])c(F)c1. The lowest BCUT2D eigenvalue weighted by Crippen LogP contribution is -2.13. The van der Waals surface area contributed by atoms with Crippen molar-refractivity contribution in [3.8, 4) is 0 Å². The number of hydrogen-bond donors (Lipinski definition) is 2. The number of rotatable bonds is 5. The Balaban J connectivity index is 3.20. The molecule has 0 amide bonds. The maximum atomic E-state index is 13.8. The zero-order valence-corrected chi connectivity index (χ0v) is 12.0. The number of halogens is 1. The predicted molar refractivity (Wildman–Crippen MR) is 76.7 cm³/mol. The quantitative estimate of drug-likeness (QED) is 0.365. The molecule has 0 fully saturated rings. The minimum absolute atomic E-state index is 0.0458. The number of allylic oxidation sites excluding steroid dienone is 1. The Morgan fingerprint density at radius 1 is 1.55 bits per heavy atom. The molecular formula is C12H17FN3O3S+. The first kappa shape index (κ1) is 16.0. The van der Waals surface area contributed by atoms with Gasteiger partial charge in [-0.25, -0.2) is 4.39 Å². The first-order valence-electron chi connectivity index (χ1n) is 5.80. The van der Waals surface area contributed by atoms with Gasteiger partial charge >= 0.3 is 0 Å². The van der Waals surface area contributed by atoms with Gasteiger partial charge < -0.3 is 16.2 Å². The minimum Gasteiger partial charge on any atom is -0.597 e. The van der Waals surface area contributed by atoms with Gasteiger partial charge in [-0.15, -0.1) is 4.40 Å². The molecule has 5 N–H and O–H groups in total. The van der Waals surface area contributed by atoms with Crippen LogP contribution in [0.3, 0.4) is 0 Å². The van der Waals surface area contributed by atoms with E-state index in [4.69, 9.17) is 10.8 Å². The Labute approximate surface area is 116 Å². The van der Waals surface area contributed by atoms with Crippen molar-refractivity contribution in [1.29, 1.82) is 0 Å². The molecule has 1 aromatic rings. The Kier molecular flexibility index (Phi) is 5.09. The van der Waals surface area contributed by atoms with Crippen LogP contribution in [0.4, 0.5) is 10.1 Å². The van der Waals surface area contributed by atoms with E-state index >= 15 is 0 Å². The molecule has 0 radical (unpaired) electrons. The molecule has 0 aliphatic heterocycles. The van der Waals surface area contributed by atoms with E-state index in [2.05, 4.69) is 9.71 Å². The average molecular weight is 302 g/mol. The number of hydrogen-bond acceptors (Lipinski definition) is 3. The van der Waals surface area contributed by atoms with Crippen molar-refractivity contribution in [2.24, 2.45) is 10.1 Å². The van der Waals surface area contributed by atoms with Crippen molar-refractivity contribution in [3.05, 3.63) is 35.9 Å². The molecule has 0 bridgehead atoms. The van der Waals surface area contributed by atoms with E-state index in [1.54, 1.807) is 0 Å². The summed E-state index contributed by atoms with van der Waals surface area (Å²) in [6.07, 6.45) is 1.07. The van der Waals surface area contributed by atoms with Crippen LogP contribution in [0, 0.1) is 5.82 Å². The van der Waals surface area contributed by atoms with Crippen LogP contribution in [-0.2, 0) is 10.0 Å². The topological polar surface area (TPSA) is 107 Å². The van der Waals surface area contributed by atoms with Crippen LogP contribution in [-0.4, -0.2) is 25.9 Å². The van der Waals surface area contributed by atoms with Gasteiger partial charge in [0.2, 0.25) is 5.76 Å². The van der Waals surface area contributed by atoms with Crippen LogP contribution in [0.25, 0.3) is 0 Å². The van der Waals surface area contributed by atoms with Gasteiger partial charge in [-0.05, 0) is 25.1 Å². The number of nitrogens with two attached hydrogens (primary N) is 1. The summed E-state index contributed by atoms with van der Waals surface area (Å²) >= 11 is 0. The highest BCUT2D eigenvalue weighted by Crippen LogP contribution is 2.20. The van der Waals surface area contributed by atoms with Gasteiger partial charge in [0.05, 0.1) is 6.08 Å². The lowest BCUT2D eigenvalue weighted by molar-refractivity contribution is 0.415. The molecular weight excluding hydrogens is 285 g/mol. The van der Waals surface area contributed by atoms with Crippen molar-refractivity contribution in [3.63, 3.8) is 0 Å². The number of sulfonamides is 1. The van der Waals surface area contributed by atoms with Crippen LogP contribution in [0.15, 0.2) is 39.3 Å². The lowest BCUT2D eigenvalue weighted by atomic mass is 10.3. The number of anilines is 1. The van der Waals surface area contributed by atoms with E-state index in [9.17, 15) is 12.8 Å². The smallest absolute Gasteiger partial charge is 0.287 e. The van der Waals surface area contributed by atoms with E-state index in [1.165, 1.54) is 13.0 Å². The van der Waals surface area contributed by atoms with Gasteiger partial charge in [0, 0.05) is 19.2 Å². The van der Waals surface area contributed by atoms with E-state index < -0.39 is 20.7 Å². The normalized spacial score (nSPS) is 13.3. The Morgan fingerprint density at radius 2 is 2.20 bits per heavy atom. The molecule has 0 saturated carbocycles. The highest BCUT2D eigenvalue weighted by molar-refractivity contribution is 7.90. The largest absolute Gasteiger partial charge is 0.597 e. The molecule has 6 nitrogen and oxygen atoms in total. The second-order valence-corrected chi connectivity index (χ2v) is 5.57. The molecule has 0 unspecified atom stereocenters. The van der Waals surface area contributed by atoms with E-state index in [1.807, 2.05) is 6.92 Å². The summed E-state index contributed by atoms with van der Waals surface area (Å²) in [6.45, 7) is 3.84. The third-order valence-corrected chi connectivity index (χ3v) is 3.52.